The van der Waals surface area contributed by atoms with Crippen LogP contribution in [0.5, 0.6) is 5.75 Å². The lowest BCUT2D eigenvalue weighted by molar-refractivity contribution is 0.340. The highest BCUT2D eigenvalue weighted by molar-refractivity contribution is 5.36. The zero-order valence-corrected chi connectivity index (χ0v) is 10.1. The van der Waals surface area contributed by atoms with Gasteiger partial charge in [-0.2, -0.15) is 4.39 Å². The molecule has 0 aliphatic heterocycles. The first kappa shape index (κ1) is 12.3. The normalized spacial score (nSPS) is 10.1. The zero-order chi connectivity index (χ0) is 12.8. The molecule has 18 heavy (non-hydrogen) atoms. The second-order valence-corrected chi connectivity index (χ2v) is 3.66. The second-order valence-electron chi connectivity index (χ2n) is 3.66. The molecule has 0 saturated carbocycles. The Bertz CT molecular complexity index is 519. The molecule has 94 valence electrons. The predicted molar refractivity (Wildman–Crippen MR) is 66.9 cm³/mol. The molecule has 0 amide bonds. The fraction of sp³-hybridized carbons (Fsp3) is 0.231. The quantitative estimate of drug-likeness (QED) is 0.825. The first-order chi connectivity index (χ1) is 8.78. The van der Waals surface area contributed by atoms with E-state index in [1.54, 1.807) is 0 Å². The molecule has 1 heterocycles. The molecule has 0 spiro atoms. The highest BCUT2D eigenvalue weighted by Gasteiger charge is 1.99. The molecule has 0 aliphatic carbocycles. The van der Waals surface area contributed by atoms with Crippen LogP contribution in [0.1, 0.15) is 12.5 Å². The molecule has 1 aromatic carbocycles. The van der Waals surface area contributed by atoms with E-state index in [0.29, 0.717) is 19.0 Å². The van der Waals surface area contributed by atoms with Crippen LogP contribution in [0.4, 0.5) is 10.2 Å². The molecule has 0 unspecified atom stereocenters. The maximum Gasteiger partial charge on any atom is 0.217 e. The van der Waals surface area contributed by atoms with Crippen molar-refractivity contribution in [3.63, 3.8) is 0 Å². The summed E-state index contributed by atoms with van der Waals surface area (Å²) in [4.78, 5) is 7.32. The van der Waals surface area contributed by atoms with Crippen LogP contribution in [0, 0.1) is 5.95 Å². The van der Waals surface area contributed by atoms with Crippen LogP contribution in [-0.4, -0.2) is 16.6 Å². The average molecular weight is 247 g/mol. The third kappa shape index (κ3) is 3.41. The number of anilines is 1. The van der Waals surface area contributed by atoms with Gasteiger partial charge in [-0.3, -0.25) is 0 Å². The summed E-state index contributed by atoms with van der Waals surface area (Å²) in [5.74, 6) is 0.741. The van der Waals surface area contributed by atoms with Gasteiger partial charge in [0.25, 0.3) is 0 Å². The Hall–Kier alpha value is -2.17. The van der Waals surface area contributed by atoms with Crippen molar-refractivity contribution in [2.24, 2.45) is 0 Å². The average Bonchev–Trinajstić information content (AvgIpc) is 2.37. The maximum absolute atomic E-state index is 12.8. The first-order valence-corrected chi connectivity index (χ1v) is 5.71. The molecule has 1 N–H and O–H groups in total. The molecular formula is C13H14FN3O. The molecule has 0 atom stereocenters. The van der Waals surface area contributed by atoms with Crippen molar-refractivity contribution in [2.75, 3.05) is 11.9 Å². The number of hydrogen-bond donors (Lipinski definition) is 1. The number of rotatable bonds is 5. The third-order valence-corrected chi connectivity index (χ3v) is 2.32. The molecule has 5 heteroatoms. The number of aromatic nitrogens is 2. The van der Waals surface area contributed by atoms with Crippen LogP contribution < -0.4 is 10.1 Å². The summed E-state index contributed by atoms with van der Waals surface area (Å²) in [6.07, 6.45) is 1.19. The number of nitrogens with zero attached hydrogens (tertiary/aromatic N) is 2. The first-order valence-electron chi connectivity index (χ1n) is 5.71. The summed E-state index contributed by atoms with van der Waals surface area (Å²) in [7, 11) is 0. The van der Waals surface area contributed by atoms with Gasteiger partial charge in [0.2, 0.25) is 5.95 Å². The molecule has 0 aliphatic rings. The van der Waals surface area contributed by atoms with E-state index in [0.717, 1.165) is 11.3 Å². The van der Waals surface area contributed by atoms with Gasteiger partial charge in [-0.1, -0.05) is 12.1 Å². The zero-order valence-electron chi connectivity index (χ0n) is 10.1. The van der Waals surface area contributed by atoms with Gasteiger partial charge < -0.3 is 10.1 Å². The molecule has 2 rings (SSSR count). The van der Waals surface area contributed by atoms with Crippen molar-refractivity contribution < 1.29 is 9.13 Å². The van der Waals surface area contributed by atoms with Crippen molar-refractivity contribution >= 4 is 5.82 Å². The molecule has 4 nitrogen and oxygen atoms in total. The summed E-state index contributed by atoms with van der Waals surface area (Å²) in [5.41, 5.74) is 1.04. The smallest absolute Gasteiger partial charge is 0.217 e. The number of halogens is 1. The minimum Gasteiger partial charge on any atom is -0.494 e. The van der Waals surface area contributed by atoms with Gasteiger partial charge in [0.15, 0.2) is 0 Å². The van der Waals surface area contributed by atoms with E-state index >= 15 is 0 Å². The second kappa shape index (κ2) is 5.95. The topological polar surface area (TPSA) is 47.0 Å². The van der Waals surface area contributed by atoms with E-state index in [1.165, 1.54) is 12.4 Å². The SMILES string of the molecule is CCOc1cccc(CNc2cc(F)ncn2)c1. The van der Waals surface area contributed by atoms with Gasteiger partial charge in [-0.25, -0.2) is 9.97 Å². The van der Waals surface area contributed by atoms with E-state index in [4.69, 9.17) is 4.74 Å². The Morgan fingerprint density at radius 3 is 2.94 bits per heavy atom. The Labute approximate surface area is 105 Å². The minimum atomic E-state index is -0.546. The van der Waals surface area contributed by atoms with Gasteiger partial charge in [0.1, 0.15) is 17.9 Å². The fourth-order valence-corrected chi connectivity index (χ4v) is 1.53. The lowest BCUT2D eigenvalue weighted by Gasteiger charge is -2.07. The van der Waals surface area contributed by atoms with Gasteiger partial charge in [0.05, 0.1) is 6.61 Å². The van der Waals surface area contributed by atoms with Crippen LogP contribution in [0.25, 0.3) is 0 Å². The van der Waals surface area contributed by atoms with Gasteiger partial charge in [0, 0.05) is 12.6 Å². The van der Waals surface area contributed by atoms with Crippen LogP contribution in [0.2, 0.25) is 0 Å². The lowest BCUT2D eigenvalue weighted by atomic mass is 10.2. The van der Waals surface area contributed by atoms with Crippen molar-refractivity contribution in [1.82, 2.24) is 9.97 Å². The Balaban J connectivity index is 1.99. The molecule has 2 aromatic rings. The van der Waals surface area contributed by atoms with Crippen LogP contribution in [0.15, 0.2) is 36.7 Å². The maximum atomic E-state index is 12.8. The molecule has 0 fully saturated rings. The monoisotopic (exact) mass is 247 g/mol. The standard InChI is InChI=1S/C13H14FN3O/c1-2-18-11-5-3-4-10(6-11)8-15-13-7-12(14)16-9-17-13/h3-7,9H,2,8H2,1H3,(H,15,16,17). The largest absolute Gasteiger partial charge is 0.494 e. The molecule has 0 bridgehead atoms. The van der Waals surface area contributed by atoms with Crippen molar-refractivity contribution in [3.8, 4) is 5.75 Å². The van der Waals surface area contributed by atoms with Crippen LogP contribution >= 0.6 is 0 Å². The third-order valence-electron chi connectivity index (χ3n) is 2.32. The highest BCUT2D eigenvalue weighted by atomic mass is 19.1. The Morgan fingerprint density at radius 1 is 1.28 bits per heavy atom. The lowest BCUT2D eigenvalue weighted by Crippen LogP contribution is -2.02. The molecule has 0 radical (unpaired) electrons. The summed E-state index contributed by atoms with van der Waals surface area (Å²) < 4.78 is 18.3. The van der Waals surface area contributed by atoms with Gasteiger partial charge in [-0.15, -0.1) is 0 Å². The number of nitrogens with one attached hydrogen (secondary N) is 1. The Morgan fingerprint density at radius 2 is 2.17 bits per heavy atom. The Kier molecular flexibility index (Phi) is 4.06. The summed E-state index contributed by atoms with van der Waals surface area (Å²) in [6, 6.07) is 8.98. The van der Waals surface area contributed by atoms with Crippen LogP contribution in [-0.2, 0) is 6.54 Å². The number of benzene rings is 1. The van der Waals surface area contributed by atoms with Gasteiger partial charge >= 0.3 is 0 Å². The number of hydrogen-bond acceptors (Lipinski definition) is 4. The van der Waals surface area contributed by atoms with Crippen LogP contribution in [0.3, 0.4) is 0 Å². The van der Waals surface area contributed by atoms with Gasteiger partial charge in [-0.05, 0) is 24.6 Å². The molecule has 0 saturated heterocycles. The molecular weight excluding hydrogens is 233 g/mol. The molecule has 1 aromatic heterocycles. The van der Waals surface area contributed by atoms with E-state index < -0.39 is 5.95 Å². The van der Waals surface area contributed by atoms with Crippen molar-refractivity contribution in [3.05, 3.63) is 48.2 Å². The highest BCUT2D eigenvalue weighted by Crippen LogP contribution is 2.14. The minimum absolute atomic E-state index is 0.462. The van der Waals surface area contributed by atoms with E-state index in [9.17, 15) is 4.39 Å². The van der Waals surface area contributed by atoms with E-state index in [1.807, 2.05) is 31.2 Å². The summed E-state index contributed by atoms with van der Waals surface area (Å²) in [5, 5.41) is 3.02. The van der Waals surface area contributed by atoms with Crippen molar-refractivity contribution in [1.29, 1.82) is 0 Å². The van der Waals surface area contributed by atoms with Crippen molar-refractivity contribution in [2.45, 2.75) is 13.5 Å². The summed E-state index contributed by atoms with van der Waals surface area (Å²) in [6.45, 7) is 3.12. The van der Waals surface area contributed by atoms with E-state index in [2.05, 4.69) is 15.3 Å². The predicted octanol–water partition coefficient (Wildman–Crippen LogP) is 2.63. The van der Waals surface area contributed by atoms with E-state index in [-0.39, 0.29) is 0 Å². The fourth-order valence-electron chi connectivity index (χ4n) is 1.53. The number of ether oxygens (including phenoxy) is 1. The summed E-state index contributed by atoms with van der Waals surface area (Å²) >= 11 is 0.